The van der Waals surface area contributed by atoms with Crippen LogP contribution in [0.25, 0.3) is 0 Å². The Kier molecular flexibility index (Phi) is 11.7. The van der Waals surface area contributed by atoms with Gasteiger partial charge in [-0.2, -0.15) is 25.3 Å². The molecule has 0 fully saturated rings. The Bertz CT molecular complexity index is 556. The molecule has 0 aliphatic rings. The number of carbonyl (C=O) groups is 1. The number of rotatable bonds is 3. The zero-order valence-corrected chi connectivity index (χ0v) is 14.9. The molecule has 0 radical (unpaired) electrons. The van der Waals surface area contributed by atoms with Gasteiger partial charge in [0.2, 0.25) is 0 Å². The van der Waals surface area contributed by atoms with Crippen LogP contribution in [0.5, 0.6) is 11.5 Å². The van der Waals surface area contributed by atoms with Crippen molar-refractivity contribution in [3.8, 4) is 11.5 Å². The summed E-state index contributed by atoms with van der Waals surface area (Å²) in [5.41, 5.74) is 1.15. The number of aromatic hydroxyl groups is 1. The normalized spacial score (nSPS) is 9.09. The summed E-state index contributed by atoms with van der Waals surface area (Å²) in [5.74, 6) is 0.396. The predicted molar refractivity (Wildman–Crippen MR) is 99.9 cm³/mol. The molecule has 0 amide bonds. The average molecular weight is 354 g/mol. The molecule has 2 aromatic carbocycles. The van der Waals surface area contributed by atoms with Crippen LogP contribution in [0.15, 0.2) is 54.6 Å². The maximum Gasteiger partial charge on any atom is 0.300 e. The van der Waals surface area contributed by atoms with Crippen LogP contribution < -0.4 is 4.74 Å². The van der Waals surface area contributed by atoms with E-state index in [1.807, 2.05) is 30.3 Å². The van der Waals surface area contributed by atoms with E-state index in [1.165, 1.54) is 0 Å². The Morgan fingerprint density at radius 1 is 1.09 bits per heavy atom. The standard InChI is InChI=1S/C9H12OS2.C6H6O.C2H4O2/c1-10-8-5-3-2-4-7(8)6-9(11)12;7-6-4-2-1-3-5-6;1-2(3)4/h2-5,9,11-12H,6H2,1H3;1-5,7H;1H3,(H,3,4). The van der Waals surface area contributed by atoms with Crippen molar-refractivity contribution in [1.29, 1.82) is 0 Å². The highest BCUT2D eigenvalue weighted by Gasteiger charge is 2.03. The molecule has 0 atom stereocenters. The third-order valence-electron chi connectivity index (χ3n) is 2.35. The van der Waals surface area contributed by atoms with Crippen molar-refractivity contribution in [3.63, 3.8) is 0 Å². The summed E-state index contributed by atoms with van der Waals surface area (Å²) in [5, 5.41) is 16.0. The molecule has 4 nitrogen and oxygen atoms in total. The zero-order chi connectivity index (χ0) is 17.7. The van der Waals surface area contributed by atoms with E-state index in [2.05, 4.69) is 25.3 Å². The molecule has 0 saturated heterocycles. The largest absolute Gasteiger partial charge is 0.508 e. The van der Waals surface area contributed by atoms with Crippen LogP contribution in [0.2, 0.25) is 0 Å². The van der Waals surface area contributed by atoms with Gasteiger partial charge in [0, 0.05) is 11.5 Å². The third-order valence-corrected chi connectivity index (χ3v) is 2.72. The van der Waals surface area contributed by atoms with Gasteiger partial charge in [-0.25, -0.2) is 0 Å². The summed E-state index contributed by atoms with van der Waals surface area (Å²) in [7, 11) is 1.67. The lowest BCUT2D eigenvalue weighted by atomic mass is 10.1. The molecular formula is C17H22O4S2. The number of para-hydroxylation sites is 2. The Labute approximate surface area is 147 Å². The molecule has 0 aromatic heterocycles. The minimum absolute atomic E-state index is 0.0706. The number of benzene rings is 2. The number of carboxylic acids is 1. The van der Waals surface area contributed by atoms with E-state index >= 15 is 0 Å². The fourth-order valence-electron chi connectivity index (χ4n) is 1.50. The molecule has 0 heterocycles. The highest BCUT2D eigenvalue weighted by Crippen LogP contribution is 2.21. The minimum atomic E-state index is -0.833. The number of carboxylic acid groups (broad SMARTS) is 1. The van der Waals surface area contributed by atoms with Gasteiger partial charge in [0.05, 0.1) is 7.11 Å². The third kappa shape index (κ3) is 12.4. The molecule has 23 heavy (non-hydrogen) atoms. The van der Waals surface area contributed by atoms with Crippen LogP contribution in [-0.2, 0) is 11.2 Å². The van der Waals surface area contributed by atoms with Crippen molar-refractivity contribution in [2.75, 3.05) is 7.11 Å². The van der Waals surface area contributed by atoms with Crippen LogP contribution in [-0.4, -0.2) is 27.9 Å². The Morgan fingerprint density at radius 3 is 1.96 bits per heavy atom. The SMILES string of the molecule is CC(=O)O.COc1ccccc1CC(S)S.Oc1ccccc1. The molecule has 126 valence electrons. The summed E-state index contributed by atoms with van der Waals surface area (Å²) < 4.78 is 5.25. The van der Waals surface area contributed by atoms with Crippen LogP contribution in [0.4, 0.5) is 0 Å². The lowest BCUT2D eigenvalue weighted by Gasteiger charge is -2.08. The first-order valence-corrected chi connectivity index (χ1v) is 7.81. The fourth-order valence-corrected chi connectivity index (χ4v) is 1.89. The van der Waals surface area contributed by atoms with Gasteiger partial charge in [-0.05, 0) is 30.2 Å². The van der Waals surface area contributed by atoms with Gasteiger partial charge in [-0.1, -0.05) is 36.4 Å². The molecule has 0 spiro atoms. The second-order valence-electron chi connectivity index (χ2n) is 4.35. The van der Waals surface area contributed by atoms with Crippen molar-refractivity contribution >= 4 is 31.2 Å². The van der Waals surface area contributed by atoms with E-state index in [0.29, 0.717) is 5.75 Å². The van der Waals surface area contributed by atoms with E-state index in [4.69, 9.17) is 19.7 Å². The van der Waals surface area contributed by atoms with Gasteiger partial charge in [0.15, 0.2) is 0 Å². The van der Waals surface area contributed by atoms with Gasteiger partial charge in [-0.3, -0.25) is 4.79 Å². The fraction of sp³-hybridized carbons (Fsp3) is 0.235. The highest BCUT2D eigenvalue weighted by molar-refractivity contribution is 7.99. The first-order valence-electron chi connectivity index (χ1n) is 6.78. The monoisotopic (exact) mass is 354 g/mol. The molecule has 2 aromatic rings. The van der Waals surface area contributed by atoms with E-state index in [-0.39, 0.29) is 4.58 Å². The molecular weight excluding hydrogens is 332 g/mol. The summed E-state index contributed by atoms with van der Waals surface area (Å²) >= 11 is 8.41. The average Bonchev–Trinajstić information content (AvgIpc) is 2.48. The maximum atomic E-state index is 9.00. The number of methoxy groups -OCH3 is 1. The number of phenols is 1. The Balaban J connectivity index is 0.000000371. The summed E-state index contributed by atoms with van der Waals surface area (Å²) in [6.45, 7) is 1.08. The Morgan fingerprint density at radius 2 is 1.57 bits per heavy atom. The van der Waals surface area contributed by atoms with Gasteiger partial charge in [0.1, 0.15) is 11.5 Å². The van der Waals surface area contributed by atoms with E-state index in [9.17, 15) is 0 Å². The van der Waals surface area contributed by atoms with Gasteiger partial charge in [-0.15, -0.1) is 0 Å². The number of hydrogen-bond donors (Lipinski definition) is 4. The minimum Gasteiger partial charge on any atom is -0.508 e. The van der Waals surface area contributed by atoms with Crippen molar-refractivity contribution in [3.05, 3.63) is 60.2 Å². The van der Waals surface area contributed by atoms with Crippen molar-refractivity contribution < 1.29 is 19.7 Å². The second kappa shape index (κ2) is 12.7. The molecule has 0 aliphatic heterocycles. The quantitative estimate of drug-likeness (QED) is 0.498. The topological polar surface area (TPSA) is 66.8 Å². The number of aliphatic carboxylic acids is 1. The number of thiol groups is 2. The lowest BCUT2D eigenvalue weighted by molar-refractivity contribution is -0.134. The van der Waals surface area contributed by atoms with Crippen molar-refractivity contribution in [2.24, 2.45) is 0 Å². The van der Waals surface area contributed by atoms with Gasteiger partial charge >= 0.3 is 0 Å². The maximum absolute atomic E-state index is 9.00. The molecule has 0 unspecified atom stereocenters. The molecule has 0 bridgehead atoms. The van der Waals surface area contributed by atoms with E-state index in [1.54, 1.807) is 31.4 Å². The summed E-state index contributed by atoms with van der Waals surface area (Å²) in [4.78, 5) is 9.00. The summed E-state index contributed by atoms with van der Waals surface area (Å²) in [6, 6.07) is 16.6. The van der Waals surface area contributed by atoms with Crippen molar-refractivity contribution in [2.45, 2.75) is 17.9 Å². The predicted octanol–water partition coefficient (Wildman–Crippen LogP) is 3.91. The van der Waals surface area contributed by atoms with Gasteiger partial charge in [0.25, 0.3) is 5.97 Å². The van der Waals surface area contributed by atoms with Crippen LogP contribution in [0, 0.1) is 0 Å². The Hall–Kier alpha value is -1.79. The number of phenolic OH excluding ortho intramolecular Hbond substituents is 1. The van der Waals surface area contributed by atoms with Crippen LogP contribution in [0.1, 0.15) is 12.5 Å². The van der Waals surface area contributed by atoms with Crippen molar-refractivity contribution in [1.82, 2.24) is 0 Å². The molecule has 2 rings (SSSR count). The smallest absolute Gasteiger partial charge is 0.300 e. The molecule has 2 N–H and O–H groups in total. The first kappa shape index (κ1) is 21.2. The van der Waals surface area contributed by atoms with Crippen LogP contribution >= 0.6 is 25.3 Å². The second-order valence-corrected chi connectivity index (χ2v) is 6.01. The first-order chi connectivity index (χ1) is 10.9. The number of hydrogen-bond acceptors (Lipinski definition) is 5. The number of ether oxygens (including phenoxy) is 1. The highest BCUT2D eigenvalue weighted by atomic mass is 32.2. The van der Waals surface area contributed by atoms with Crippen LogP contribution in [0.3, 0.4) is 0 Å². The molecule has 6 heteroatoms. The molecule has 0 saturated carbocycles. The lowest BCUT2D eigenvalue weighted by Crippen LogP contribution is -1.97. The van der Waals surface area contributed by atoms with E-state index < -0.39 is 5.97 Å². The van der Waals surface area contributed by atoms with E-state index in [0.717, 1.165) is 24.7 Å². The van der Waals surface area contributed by atoms with Gasteiger partial charge < -0.3 is 14.9 Å². The zero-order valence-electron chi connectivity index (χ0n) is 13.1. The molecule has 0 aliphatic carbocycles. The summed E-state index contributed by atoms with van der Waals surface area (Å²) in [6.07, 6.45) is 0.816.